The molecule has 2 aromatic rings. The molecule has 0 saturated carbocycles. The van der Waals surface area contributed by atoms with Crippen LogP contribution in [0.15, 0.2) is 24.3 Å². The molecule has 0 saturated heterocycles. The molecule has 0 unspecified atom stereocenters. The number of amides is 1. The largest absolute Gasteiger partial charge is 0.396 e. The van der Waals surface area contributed by atoms with Crippen LogP contribution in [0.25, 0.3) is 5.69 Å². The minimum absolute atomic E-state index is 0.0357. The first-order valence-electron chi connectivity index (χ1n) is 8.62. The van der Waals surface area contributed by atoms with Crippen LogP contribution in [0, 0.1) is 19.3 Å². The number of rotatable bonds is 6. The predicted molar refractivity (Wildman–Crippen MR) is 97.9 cm³/mol. The van der Waals surface area contributed by atoms with E-state index >= 15 is 0 Å². The Morgan fingerprint density at radius 2 is 1.84 bits per heavy atom. The molecule has 0 aliphatic carbocycles. The maximum Gasteiger partial charge on any atom is 0.276 e. The van der Waals surface area contributed by atoms with Crippen molar-refractivity contribution < 1.29 is 9.90 Å². The maximum absolute atomic E-state index is 13.0. The van der Waals surface area contributed by atoms with Crippen molar-refractivity contribution in [1.82, 2.24) is 19.9 Å². The molecular formula is C19H28N4O2. The van der Waals surface area contributed by atoms with E-state index in [4.69, 9.17) is 5.11 Å². The Kier molecular flexibility index (Phi) is 5.95. The van der Waals surface area contributed by atoms with Crippen LogP contribution in [-0.2, 0) is 0 Å². The first kappa shape index (κ1) is 19.1. The second-order valence-electron chi connectivity index (χ2n) is 7.64. The van der Waals surface area contributed by atoms with Crippen LogP contribution >= 0.6 is 0 Å². The van der Waals surface area contributed by atoms with Crippen molar-refractivity contribution in [1.29, 1.82) is 0 Å². The zero-order valence-corrected chi connectivity index (χ0v) is 15.8. The van der Waals surface area contributed by atoms with E-state index in [0.717, 1.165) is 16.9 Å². The van der Waals surface area contributed by atoms with Crippen LogP contribution in [0.4, 0.5) is 0 Å². The Morgan fingerprint density at radius 1 is 1.20 bits per heavy atom. The average molecular weight is 344 g/mol. The number of aryl methyl sites for hydroxylation is 1. The van der Waals surface area contributed by atoms with Gasteiger partial charge in [-0.25, -0.2) is 4.68 Å². The molecule has 0 aliphatic rings. The Labute approximate surface area is 149 Å². The van der Waals surface area contributed by atoms with E-state index in [-0.39, 0.29) is 17.9 Å². The number of benzene rings is 1. The van der Waals surface area contributed by atoms with Gasteiger partial charge in [-0.2, -0.15) is 0 Å². The fourth-order valence-electron chi connectivity index (χ4n) is 2.69. The highest BCUT2D eigenvalue weighted by Crippen LogP contribution is 2.19. The summed E-state index contributed by atoms with van der Waals surface area (Å²) in [4.78, 5) is 14.7. The molecule has 25 heavy (non-hydrogen) atoms. The van der Waals surface area contributed by atoms with Gasteiger partial charge in [-0.3, -0.25) is 4.79 Å². The molecule has 1 aromatic heterocycles. The highest BCUT2D eigenvalue weighted by molar-refractivity contribution is 5.93. The molecule has 0 radical (unpaired) electrons. The van der Waals surface area contributed by atoms with Crippen molar-refractivity contribution in [3.05, 3.63) is 41.2 Å². The van der Waals surface area contributed by atoms with Gasteiger partial charge in [0.2, 0.25) is 0 Å². The van der Waals surface area contributed by atoms with E-state index in [2.05, 4.69) is 31.1 Å². The smallest absolute Gasteiger partial charge is 0.276 e. The van der Waals surface area contributed by atoms with Gasteiger partial charge in [-0.15, -0.1) is 5.10 Å². The van der Waals surface area contributed by atoms with Gasteiger partial charge in [0.05, 0.1) is 11.4 Å². The number of carbonyl (C=O) groups excluding carboxylic acids is 1. The van der Waals surface area contributed by atoms with E-state index in [1.54, 1.807) is 9.58 Å². The van der Waals surface area contributed by atoms with Crippen LogP contribution in [0.2, 0.25) is 0 Å². The number of carbonyl (C=O) groups is 1. The van der Waals surface area contributed by atoms with Crippen molar-refractivity contribution in [3.8, 4) is 5.69 Å². The van der Waals surface area contributed by atoms with E-state index in [0.29, 0.717) is 25.2 Å². The Hall–Kier alpha value is -2.21. The monoisotopic (exact) mass is 344 g/mol. The first-order valence-corrected chi connectivity index (χ1v) is 8.62. The van der Waals surface area contributed by atoms with Crippen LogP contribution in [0.1, 0.15) is 48.9 Å². The summed E-state index contributed by atoms with van der Waals surface area (Å²) in [7, 11) is 0. The van der Waals surface area contributed by atoms with Crippen molar-refractivity contribution >= 4 is 5.91 Å². The molecule has 0 atom stereocenters. The summed E-state index contributed by atoms with van der Waals surface area (Å²) < 4.78 is 1.69. The van der Waals surface area contributed by atoms with Crippen LogP contribution in [0.3, 0.4) is 0 Å². The van der Waals surface area contributed by atoms with Crippen molar-refractivity contribution in [3.63, 3.8) is 0 Å². The molecule has 0 spiro atoms. The van der Waals surface area contributed by atoms with E-state index < -0.39 is 0 Å². The van der Waals surface area contributed by atoms with E-state index in [1.807, 2.05) is 38.1 Å². The summed E-state index contributed by atoms with van der Waals surface area (Å²) in [6.45, 7) is 11.3. The third-order valence-electron chi connectivity index (χ3n) is 3.91. The fraction of sp³-hybridized carbons (Fsp3) is 0.526. The summed E-state index contributed by atoms with van der Waals surface area (Å²) in [5.74, 6) is -0.140. The van der Waals surface area contributed by atoms with Gasteiger partial charge in [-0.05, 0) is 37.8 Å². The van der Waals surface area contributed by atoms with Crippen molar-refractivity contribution in [2.45, 2.75) is 41.0 Å². The summed E-state index contributed by atoms with van der Waals surface area (Å²) in [5.41, 5.74) is 3.09. The minimum Gasteiger partial charge on any atom is -0.396 e. The predicted octanol–water partition coefficient (Wildman–Crippen LogP) is 2.75. The minimum atomic E-state index is -0.140. The lowest BCUT2D eigenvalue weighted by atomic mass is 9.95. The molecule has 0 aliphatic heterocycles. The SMILES string of the molecule is Cc1ccc(-n2nnc(C(=O)N(CCCO)CC(C)(C)C)c2C)cc1. The maximum atomic E-state index is 13.0. The lowest BCUT2D eigenvalue weighted by molar-refractivity contribution is 0.0675. The zero-order chi connectivity index (χ0) is 18.6. The summed E-state index contributed by atoms with van der Waals surface area (Å²) in [5, 5.41) is 17.4. The second-order valence-corrected chi connectivity index (χ2v) is 7.64. The fourth-order valence-corrected chi connectivity index (χ4v) is 2.69. The standard InChI is InChI=1S/C19H28N4O2/c1-14-7-9-16(10-8-14)23-15(2)17(20-21-23)18(25)22(11-6-12-24)13-19(3,4)5/h7-10,24H,6,11-13H2,1-5H3. The number of hydrogen-bond acceptors (Lipinski definition) is 4. The Bertz CT molecular complexity index is 714. The first-order chi connectivity index (χ1) is 11.7. The lowest BCUT2D eigenvalue weighted by Crippen LogP contribution is -2.39. The van der Waals surface area contributed by atoms with Crippen LogP contribution in [0.5, 0.6) is 0 Å². The Morgan fingerprint density at radius 3 is 2.40 bits per heavy atom. The topological polar surface area (TPSA) is 71.2 Å². The van der Waals surface area contributed by atoms with Crippen LogP contribution < -0.4 is 0 Å². The molecule has 0 bridgehead atoms. The van der Waals surface area contributed by atoms with E-state index in [1.165, 1.54) is 0 Å². The molecular weight excluding hydrogens is 316 g/mol. The highest BCUT2D eigenvalue weighted by atomic mass is 16.3. The summed E-state index contributed by atoms with van der Waals surface area (Å²) >= 11 is 0. The van der Waals surface area contributed by atoms with Gasteiger partial charge in [-0.1, -0.05) is 43.7 Å². The molecule has 1 heterocycles. The third kappa shape index (κ3) is 4.89. The zero-order valence-electron chi connectivity index (χ0n) is 15.8. The second kappa shape index (κ2) is 7.78. The molecule has 6 heteroatoms. The average Bonchev–Trinajstić information content (AvgIpc) is 2.92. The molecule has 0 fully saturated rings. The Balaban J connectivity index is 2.29. The number of hydrogen-bond donors (Lipinski definition) is 1. The molecule has 6 nitrogen and oxygen atoms in total. The van der Waals surface area contributed by atoms with Crippen LogP contribution in [-0.4, -0.2) is 50.6 Å². The van der Waals surface area contributed by atoms with Gasteiger partial charge >= 0.3 is 0 Å². The molecule has 1 amide bonds. The van der Waals surface area contributed by atoms with Gasteiger partial charge < -0.3 is 10.0 Å². The third-order valence-corrected chi connectivity index (χ3v) is 3.91. The summed E-state index contributed by atoms with van der Waals surface area (Å²) in [6, 6.07) is 7.93. The van der Waals surface area contributed by atoms with E-state index in [9.17, 15) is 4.79 Å². The van der Waals surface area contributed by atoms with Crippen molar-refractivity contribution in [2.75, 3.05) is 19.7 Å². The number of aromatic nitrogens is 3. The number of nitrogens with zero attached hydrogens (tertiary/aromatic N) is 4. The van der Waals surface area contributed by atoms with Gasteiger partial charge in [0.1, 0.15) is 0 Å². The number of aliphatic hydroxyl groups is 1. The lowest BCUT2D eigenvalue weighted by Gasteiger charge is -2.29. The van der Waals surface area contributed by atoms with Crippen molar-refractivity contribution in [2.24, 2.45) is 5.41 Å². The van der Waals surface area contributed by atoms with Gasteiger partial charge in [0.25, 0.3) is 5.91 Å². The van der Waals surface area contributed by atoms with Gasteiger partial charge in [0, 0.05) is 19.7 Å². The molecule has 136 valence electrons. The quantitative estimate of drug-likeness (QED) is 0.875. The number of aliphatic hydroxyl groups excluding tert-OH is 1. The molecule has 1 aromatic carbocycles. The molecule has 1 N–H and O–H groups in total. The highest BCUT2D eigenvalue weighted by Gasteiger charge is 2.26. The molecule has 2 rings (SSSR count). The summed E-state index contributed by atoms with van der Waals surface area (Å²) in [6.07, 6.45) is 0.549. The normalized spacial score (nSPS) is 11.6. The van der Waals surface area contributed by atoms with Gasteiger partial charge in [0.15, 0.2) is 5.69 Å².